The van der Waals surface area contributed by atoms with E-state index < -0.39 is 5.54 Å². The molecule has 0 amide bonds. The van der Waals surface area contributed by atoms with Gasteiger partial charge in [-0.2, -0.15) is 5.26 Å². The van der Waals surface area contributed by atoms with E-state index in [0.29, 0.717) is 6.54 Å². The number of nitrogens with zero attached hydrogens (tertiary/aromatic N) is 3. The number of benzene rings is 2. The molecule has 1 unspecified atom stereocenters. The van der Waals surface area contributed by atoms with Gasteiger partial charge in [0.15, 0.2) is 0 Å². The predicted octanol–water partition coefficient (Wildman–Crippen LogP) is 2.72. The van der Waals surface area contributed by atoms with Crippen LogP contribution in [0.1, 0.15) is 11.4 Å². The highest BCUT2D eigenvalue weighted by molar-refractivity contribution is 5.75. The summed E-state index contributed by atoms with van der Waals surface area (Å²) in [4.78, 5) is 4.52. The molecular weight excluding hydrogens is 260 g/mol. The fourth-order valence-corrected chi connectivity index (χ4v) is 2.57. The third kappa shape index (κ3) is 2.28. The Morgan fingerprint density at radius 3 is 2.52 bits per heavy atom. The number of nitrogens with two attached hydrogens (primary N) is 1. The van der Waals surface area contributed by atoms with Gasteiger partial charge in [0.25, 0.3) is 0 Å². The van der Waals surface area contributed by atoms with Gasteiger partial charge in [-0.25, -0.2) is 4.98 Å². The number of hydrogen-bond acceptors (Lipinski definition) is 3. The van der Waals surface area contributed by atoms with Crippen molar-refractivity contribution in [3.8, 4) is 6.07 Å². The van der Waals surface area contributed by atoms with E-state index in [4.69, 9.17) is 5.73 Å². The van der Waals surface area contributed by atoms with Crippen molar-refractivity contribution in [1.29, 1.82) is 5.26 Å². The molecule has 0 saturated heterocycles. The quantitative estimate of drug-likeness (QED) is 0.799. The first-order valence-corrected chi connectivity index (χ1v) is 6.81. The van der Waals surface area contributed by atoms with E-state index in [2.05, 4.69) is 11.1 Å². The lowest BCUT2D eigenvalue weighted by Gasteiger charge is -2.23. The van der Waals surface area contributed by atoms with Crippen LogP contribution in [0.15, 0.2) is 54.6 Å². The summed E-state index contributed by atoms with van der Waals surface area (Å²) < 4.78 is 2.01. The van der Waals surface area contributed by atoms with Gasteiger partial charge in [0.1, 0.15) is 11.4 Å². The summed E-state index contributed by atoms with van der Waals surface area (Å²) >= 11 is 0. The second kappa shape index (κ2) is 5.04. The monoisotopic (exact) mass is 276 g/mol. The van der Waals surface area contributed by atoms with Gasteiger partial charge in [0.05, 0.1) is 23.6 Å². The number of aryl methyl sites for hydroxylation is 1. The van der Waals surface area contributed by atoms with Crippen molar-refractivity contribution in [3.63, 3.8) is 0 Å². The molecule has 0 aliphatic carbocycles. The van der Waals surface area contributed by atoms with E-state index in [9.17, 15) is 5.26 Å². The number of rotatable bonds is 3. The smallest absolute Gasteiger partial charge is 0.147 e. The highest BCUT2D eigenvalue weighted by Crippen LogP contribution is 2.24. The highest BCUT2D eigenvalue weighted by atomic mass is 15.1. The fourth-order valence-electron chi connectivity index (χ4n) is 2.57. The molecule has 1 atom stereocenters. The van der Waals surface area contributed by atoms with Gasteiger partial charge in [-0.15, -0.1) is 0 Å². The average Bonchev–Trinajstić information content (AvgIpc) is 2.84. The van der Waals surface area contributed by atoms with Crippen LogP contribution in [0.2, 0.25) is 0 Å². The molecule has 4 heteroatoms. The molecule has 4 nitrogen and oxygen atoms in total. The molecule has 3 rings (SSSR count). The summed E-state index contributed by atoms with van der Waals surface area (Å²) in [6, 6.07) is 19.6. The van der Waals surface area contributed by atoms with Crippen molar-refractivity contribution < 1.29 is 0 Å². The summed E-state index contributed by atoms with van der Waals surface area (Å²) in [5.41, 5.74) is 8.01. The first kappa shape index (κ1) is 13.3. The summed E-state index contributed by atoms with van der Waals surface area (Å²) in [5, 5.41) is 9.59. The first-order valence-electron chi connectivity index (χ1n) is 6.81. The first-order chi connectivity index (χ1) is 10.1. The highest BCUT2D eigenvalue weighted by Gasteiger charge is 2.29. The topological polar surface area (TPSA) is 67.6 Å². The molecule has 0 bridgehead atoms. The number of hydrogen-bond donors (Lipinski definition) is 1. The van der Waals surface area contributed by atoms with Crippen molar-refractivity contribution >= 4 is 11.0 Å². The Morgan fingerprint density at radius 2 is 1.81 bits per heavy atom. The standard InChI is InChI=1S/C17H16N4/c1-13-20-15-9-5-6-10-16(15)21(13)12-17(19,11-18)14-7-3-2-4-8-14/h2-10H,12,19H2,1H3. The zero-order valence-corrected chi connectivity index (χ0v) is 11.8. The van der Waals surface area contributed by atoms with E-state index in [1.807, 2.05) is 66.1 Å². The molecule has 0 radical (unpaired) electrons. The largest absolute Gasteiger partial charge is 0.325 e. The maximum Gasteiger partial charge on any atom is 0.147 e. The zero-order chi connectivity index (χ0) is 14.9. The van der Waals surface area contributed by atoms with Crippen molar-refractivity contribution in [2.45, 2.75) is 19.0 Å². The molecule has 0 aliphatic rings. The fraction of sp³-hybridized carbons (Fsp3) is 0.176. The van der Waals surface area contributed by atoms with E-state index in [1.54, 1.807) is 0 Å². The Balaban J connectivity index is 2.08. The Morgan fingerprint density at radius 1 is 1.14 bits per heavy atom. The van der Waals surface area contributed by atoms with Crippen molar-refractivity contribution in [2.24, 2.45) is 5.73 Å². The normalized spacial score (nSPS) is 13.8. The minimum absolute atomic E-state index is 0.375. The van der Waals surface area contributed by atoms with Crippen LogP contribution in [0, 0.1) is 18.3 Å². The maximum absolute atomic E-state index is 9.59. The maximum atomic E-state index is 9.59. The Kier molecular flexibility index (Phi) is 3.20. The second-order valence-corrected chi connectivity index (χ2v) is 5.18. The van der Waals surface area contributed by atoms with Crippen molar-refractivity contribution in [3.05, 3.63) is 66.0 Å². The van der Waals surface area contributed by atoms with E-state index in [-0.39, 0.29) is 0 Å². The third-order valence-electron chi connectivity index (χ3n) is 3.74. The van der Waals surface area contributed by atoms with E-state index in [0.717, 1.165) is 22.4 Å². The van der Waals surface area contributed by atoms with Gasteiger partial charge in [0.2, 0.25) is 0 Å². The lowest BCUT2D eigenvalue weighted by molar-refractivity contribution is 0.474. The van der Waals surface area contributed by atoms with Crippen molar-refractivity contribution in [1.82, 2.24) is 9.55 Å². The lowest BCUT2D eigenvalue weighted by Crippen LogP contribution is -2.39. The molecule has 0 fully saturated rings. The average molecular weight is 276 g/mol. The molecule has 0 aliphatic heterocycles. The van der Waals surface area contributed by atoms with Crippen LogP contribution in [0.3, 0.4) is 0 Å². The van der Waals surface area contributed by atoms with Crippen LogP contribution in [-0.4, -0.2) is 9.55 Å². The van der Waals surface area contributed by atoms with Crippen LogP contribution in [0.5, 0.6) is 0 Å². The molecular formula is C17H16N4. The summed E-state index contributed by atoms with van der Waals surface area (Å²) in [6.07, 6.45) is 0. The van der Waals surface area contributed by atoms with E-state index in [1.165, 1.54) is 0 Å². The SMILES string of the molecule is Cc1nc2ccccc2n1CC(N)(C#N)c1ccccc1. The molecule has 0 saturated carbocycles. The lowest BCUT2D eigenvalue weighted by atomic mass is 9.92. The molecule has 1 aromatic heterocycles. The van der Waals surface area contributed by atoms with Gasteiger partial charge < -0.3 is 10.3 Å². The van der Waals surface area contributed by atoms with Gasteiger partial charge >= 0.3 is 0 Å². The van der Waals surface area contributed by atoms with Crippen LogP contribution >= 0.6 is 0 Å². The van der Waals surface area contributed by atoms with E-state index >= 15 is 0 Å². The molecule has 21 heavy (non-hydrogen) atoms. The van der Waals surface area contributed by atoms with Crippen LogP contribution in [-0.2, 0) is 12.1 Å². The minimum atomic E-state index is -1.07. The van der Waals surface area contributed by atoms with Gasteiger partial charge in [-0.05, 0) is 24.6 Å². The number of imidazole rings is 1. The summed E-state index contributed by atoms with van der Waals surface area (Å²) in [7, 11) is 0. The third-order valence-corrected chi connectivity index (χ3v) is 3.74. The molecule has 1 heterocycles. The van der Waals surface area contributed by atoms with Gasteiger partial charge in [0, 0.05) is 0 Å². The molecule has 3 aromatic rings. The van der Waals surface area contributed by atoms with Gasteiger partial charge in [-0.3, -0.25) is 0 Å². The molecule has 104 valence electrons. The summed E-state index contributed by atoms with van der Waals surface area (Å²) in [5.74, 6) is 0.859. The Bertz CT molecular complexity index is 814. The van der Waals surface area contributed by atoms with Crippen molar-refractivity contribution in [2.75, 3.05) is 0 Å². The number of aromatic nitrogens is 2. The Hall–Kier alpha value is -2.64. The number of fused-ring (bicyclic) bond motifs is 1. The van der Waals surface area contributed by atoms with Crippen LogP contribution < -0.4 is 5.73 Å². The van der Waals surface area contributed by atoms with Gasteiger partial charge in [-0.1, -0.05) is 42.5 Å². The minimum Gasteiger partial charge on any atom is -0.325 e. The molecule has 2 aromatic carbocycles. The number of nitriles is 1. The van der Waals surface area contributed by atoms with Crippen LogP contribution in [0.4, 0.5) is 0 Å². The zero-order valence-electron chi connectivity index (χ0n) is 11.8. The summed E-state index contributed by atoms with van der Waals surface area (Å²) in [6.45, 7) is 2.31. The predicted molar refractivity (Wildman–Crippen MR) is 82.4 cm³/mol. The Labute approximate surface area is 123 Å². The molecule has 2 N–H and O–H groups in total. The molecule has 0 spiro atoms. The second-order valence-electron chi connectivity index (χ2n) is 5.18. The van der Waals surface area contributed by atoms with Crippen LogP contribution in [0.25, 0.3) is 11.0 Å². The number of para-hydroxylation sites is 2.